The van der Waals surface area contributed by atoms with E-state index in [9.17, 15) is 24.9 Å². The molecule has 0 saturated carbocycles. The Bertz CT molecular complexity index is 1020. The van der Waals surface area contributed by atoms with Crippen LogP contribution in [-0.4, -0.2) is 106 Å². The summed E-state index contributed by atoms with van der Waals surface area (Å²) in [6, 6.07) is 7.11. The Morgan fingerprint density at radius 3 is 2.53 bits per heavy atom. The Balaban J connectivity index is 0.00000507. The van der Waals surface area contributed by atoms with Crippen LogP contribution in [-0.2, 0) is 20.7 Å². The molecule has 2 heterocycles. The highest BCUT2D eigenvalue weighted by atomic mass is 35.5. The summed E-state index contributed by atoms with van der Waals surface area (Å²) in [7, 11) is 0. The molecule has 0 spiro atoms. The van der Waals surface area contributed by atoms with Gasteiger partial charge < -0.3 is 40.6 Å². The van der Waals surface area contributed by atoms with E-state index in [-0.39, 0.29) is 62.8 Å². The number of H-pyrrole nitrogens is 1. The predicted octanol–water partition coefficient (Wildman–Crippen LogP) is 1.06. The standard InChI is InChI=1S/C27H42N4O6.ClH/c1-18(2)13-25(34)31-11-10-30(9-5-6-12-37-17-24(33)26(35)23(32)16-31)27(36)21(28)14-19-15-29-22-8-4-3-7-20(19)22;/h3-4,7-8,15,18,21,23-24,26,29,32-33,35H,5-6,9-14,16-17,28H2,1-2H3;1H/t21-,23-,24+,26+;/m0./s1. The zero-order valence-corrected chi connectivity index (χ0v) is 23.1. The van der Waals surface area contributed by atoms with Crippen molar-refractivity contribution in [3.05, 3.63) is 36.0 Å². The Hall–Kier alpha value is -2.21. The number of halogens is 1. The van der Waals surface area contributed by atoms with Crippen molar-refractivity contribution in [3.63, 3.8) is 0 Å². The number of para-hydroxylation sites is 1. The second kappa shape index (κ2) is 15.4. The zero-order chi connectivity index (χ0) is 26.9. The van der Waals surface area contributed by atoms with E-state index in [1.165, 1.54) is 4.90 Å². The van der Waals surface area contributed by atoms with Crippen LogP contribution in [0.4, 0.5) is 0 Å². The number of aromatic nitrogens is 1. The molecule has 0 radical (unpaired) electrons. The zero-order valence-electron chi connectivity index (χ0n) is 22.3. The SMILES string of the molecule is CC(C)CC(=O)N1CCN(C(=O)[C@@H](N)Cc2c[nH]c3ccccc23)CCCCOC[C@@H](O)[C@H](O)[C@@H](O)C1.Cl. The summed E-state index contributed by atoms with van der Waals surface area (Å²) in [5.41, 5.74) is 8.35. The summed E-state index contributed by atoms with van der Waals surface area (Å²) < 4.78 is 5.46. The van der Waals surface area contributed by atoms with E-state index < -0.39 is 24.4 Å². The van der Waals surface area contributed by atoms with Gasteiger partial charge in [-0.05, 0) is 36.8 Å². The van der Waals surface area contributed by atoms with Gasteiger partial charge in [0.05, 0.1) is 12.6 Å². The normalized spacial score (nSPS) is 23.1. The van der Waals surface area contributed by atoms with Crippen molar-refractivity contribution < 1.29 is 29.6 Å². The number of aromatic amines is 1. The minimum absolute atomic E-state index is 0. The molecule has 0 unspecified atom stereocenters. The summed E-state index contributed by atoms with van der Waals surface area (Å²) in [5.74, 6) is -0.288. The summed E-state index contributed by atoms with van der Waals surface area (Å²) in [4.78, 5) is 32.7. The summed E-state index contributed by atoms with van der Waals surface area (Å²) in [6.07, 6.45) is -0.254. The second-order valence-electron chi connectivity index (χ2n) is 10.3. The molecule has 1 aromatic carbocycles. The highest BCUT2D eigenvalue weighted by molar-refractivity contribution is 5.86. The fourth-order valence-electron chi connectivity index (χ4n) is 4.63. The van der Waals surface area contributed by atoms with Crippen molar-refractivity contribution >= 4 is 35.1 Å². The van der Waals surface area contributed by atoms with Gasteiger partial charge in [-0.25, -0.2) is 0 Å². The molecular formula is C27H43ClN4O6. The van der Waals surface area contributed by atoms with Gasteiger partial charge in [0.25, 0.3) is 0 Å². The molecule has 4 atom stereocenters. The van der Waals surface area contributed by atoms with Gasteiger partial charge in [0.1, 0.15) is 18.3 Å². The molecule has 6 N–H and O–H groups in total. The number of carbonyl (C=O) groups excluding carboxylic acids is 2. The number of nitrogens with two attached hydrogens (primary N) is 1. The van der Waals surface area contributed by atoms with Gasteiger partial charge in [0.15, 0.2) is 0 Å². The van der Waals surface area contributed by atoms with Gasteiger partial charge in [-0.3, -0.25) is 9.59 Å². The van der Waals surface area contributed by atoms with Gasteiger partial charge in [-0.1, -0.05) is 32.0 Å². The number of benzene rings is 1. The first-order valence-corrected chi connectivity index (χ1v) is 13.2. The number of aliphatic hydroxyl groups excluding tert-OH is 3. The van der Waals surface area contributed by atoms with E-state index in [0.29, 0.717) is 32.4 Å². The van der Waals surface area contributed by atoms with Crippen LogP contribution in [0.15, 0.2) is 30.5 Å². The first kappa shape index (κ1) is 32.0. The van der Waals surface area contributed by atoms with Gasteiger partial charge in [-0.2, -0.15) is 0 Å². The van der Waals surface area contributed by atoms with Crippen LogP contribution < -0.4 is 5.73 Å². The van der Waals surface area contributed by atoms with Crippen molar-refractivity contribution in [1.29, 1.82) is 0 Å². The molecule has 1 saturated heterocycles. The first-order valence-electron chi connectivity index (χ1n) is 13.2. The molecule has 10 nitrogen and oxygen atoms in total. The maximum absolute atomic E-state index is 13.4. The maximum Gasteiger partial charge on any atom is 0.239 e. The lowest BCUT2D eigenvalue weighted by Gasteiger charge is -2.33. The van der Waals surface area contributed by atoms with Gasteiger partial charge in [-0.15, -0.1) is 12.4 Å². The second-order valence-corrected chi connectivity index (χ2v) is 10.3. The summed E-state index contributed by atoms with van der Waals surface area (Å²) in [6.45, 7) is 4.79. The minimum atomic E-state index is -1.46. The topological polar surface area (TPSA) is 152 Å². The number of nitrogens with one attached hydrogen (secondary N) is 1. The largest absolute Gasteiger partial charge is 0.388 e. The van der Waals surface area contributed by atoms with E-state index in [1.807, 2.05) is 44.3 Å². The van der Waals surface area contributed by atoms with Crippen molar-refractivity contribution in [2.75, 3.05) is 39.4 Å². The average Bonchev–Trinajstić information content (AvgIpc) is 3.27. The molecule has 1 aliphatic rings. The van der Waals surface area contributed by atoms with Crippen LogP contribution in [0.3, 0.4) is 0 Å². The van der Waals surface area contributed by atoms with E-state index >= 15 is 0 Å². The smallest absolute Gasteiger partial charge is 0.239 e. The molecule has 1 fully saturated rings. The Labute approximate surface area is 230 Å². The van der Waals surface area contributed by atoms with Gasteiger partial charge in [0, 0.05) is 56.3 Å². The fraction of sp³-hybridized carbons (Fsp3) is 0.630. The molecule has 1 aliphatic heterocycles. The number of ether oxygens (including phenoxy) is 1. The van der Waals surface area contributed by atoms with E-state index in [4.69, 9.17) is 10.5 Å². The number of nitrogens with zero attached hydrogens (tertiary/aromatic N) is 2. The number of carbonyl (C=O) groups is 2. The van der Waals surface area contributed by atoms with Crippen LogP contribution >= 0.6 is 12.4 Å². The number of fused-ring (bicyclic) bond motifs is 1. The highest BCUT2D eigenvalue weighted by Crippen LogP contribution is 2.19. The van der Waals surface area contributed by atoms with Crippen molar-refractivity contribution in [3.8, 4) is 0 Å². The Morgan fingerprint density at radius 2 is 1.79 bits per heavy atom. The van der Waals surface area contributed by atoms with Gasteiger partial charge in [0.2, 0.25) is 11.8 Å². The Kier molecular flexibility index (Phi) is 13.0. The number of hydrogen-bond acceptors (Lipinski definition) is 7. The monoisotopic (exact) mass is 554 g/mol. The number of β-amino-alcohol motifs (C(OH)–C–C–N with tert-alkyl or cyclic N) is 1. The molecule has 2 amide bonds. The quantitative estimate of drug-likeness (QED) is 0.370. The van der Waals surface area contributed by atoms with Crippen LogP contribution in [0.25, 0.3) is 10.9 Å². The van der Waals surface area contributed by atoms with Crippen LogP contribution in [0, 0.1) is 5.92 Å². The third-order valence-electron chi connectivity index (χ3n) is 6.77. The van der Waals surface area contributed by atoms with Gasteiger partial charge >= 0.3 is 0 Å². The number of aliphatic hydroxyl groups is 3. The van der Waals surface area contributed by atoms with Crippen molar-refractivity contribution in [2.24, 2.45) is 11.7 Å². The molecule has 0 bridgehead atoms. The number of hydrogen-bond donors (Lipinski definition) is 5. The van der Waals surface area contributed by atoms with Crippen LogP contribution in [0.1, 0.15) is 38.7 Å². The van der Waals surface area contributed by atoms with Crippen LogP contribution in [0.2, 0.25) is 0 Å². The summed E-state index contributed by atoms with van der Waals surface area (Å²) >= 11 is 0. The molecule has 3 rings (SSSR count). The Morgan fingerprint density at radius 1 is 1.08 bits per heavy atom. The third-order valence-corrected chi connectivity index (χ3v) is 6.77. The van der Waals surface area contributed by atoms with E-state index in [0.717, 1.165) is 16.5 Å². The molecule has 0 aliphatic carbocycles. The molecule has 1 aromatic heterocycles. The predicted molar refractivity (Wildman–Crippen MR) is 148 cm³/mol. The fourth-order valence-corrected chi connectivity index (χ4v) is 4.63. The lowest BCUT2D eigenvalue weighted by molar-refractivity contribution is -0.140. The molecule has 11 heteroatoms. The lowest BCUT2D eigenvalue weighted by atomic mass is 10.0. The van der Waals surface area contributed by atoms with E-state index in [1.54, 1.807) is 4.90 Å². The molecule has 2 aromatic rings. The third kappa shape index (κ3) is 8.93. The lowest BCUT2D eigenvalue weighted by Crippen LogP contribution is -2.51. The molecule has 214 valence electrons. The molecular weight excluding hydrogens is 512 g/mol. The van der Waals surface area contributed by atoms with Crippen molar-refractivity contribution in [1.82, 2.24) is 14.8 Å². The number of amides is 2. The minimum Gasteiger partial charge on any atom is -0.388 e. The highest BCUT2D eigenvalue weighted by Gasteiger charge is 2.30. The average molecular weight is 555 g/mol. The number of rotatable bonds is 5. The van der Waals surface area contributed by atoms with E-state index in [2.05, 4.69) is 4.98 Å². The first-order chi connectivity index (χ1) is 17.7. The van der Waals surface area contributed by atoms with Crippen molar-refractivity contribution in [2.45, 2.75) is 63.9 Å². The summed E-state index contributed by atoms with van der Waals surface area (Å²) in [5, 5.41) is 32.1. The maximum atomic E-state index is 13.4. The van der Waals surface area contributed by atoms with Crippen LogP contribution in [0.5, 0.6) is 0 Å². The molecule has 38 heavy (non-hydrogen) atoms.